The van der Waals surface area contributed by atoms with Gasteiger partial charge in [-0.05, 0) is 31.2 Å². The monoisotopic (exact) mass is 436 g/mol. The molecular weight excluding hydrogens is 413 g/mol. The van der Waals surface area contributed by atoms with Crippen LogP contribution in [0.3, 0.4) is 0 Å². The van der Waals surface area contributed by atoms with Crippen LogP contribution in [0, 0.1) is 0 Å². The number of ketones is 1. The lowest BCUT2D eigenvalue weighted by Gasteiger charge is -2.32. The third kappa shape index (κ3) is 6.97. The zero-order chi connectivity index (χ0) is 22.4. The van der Waals surface area contributed by atoms with Crippen molar-refractivity contribution in [3.05, 3.63) is 53.9 Å². The van der Waals surface area contributed by atoms with Crippen LogP contribution in [0.5, 0.6) is 11.5 Å². The summed E-state index contributed by atoms with van der Waals surface area (Å²) in [4.78, 5) is 29.9. The standard InChI is InChI=1S/C22H23F3N2O4/c1-15(28)11-17-12-16(5-8-26-17)21(29)27-9-6-18(7-10-27)31-20-4-2-3-19(13-20)30-14-22(23,24)25/h2-5,8,12-13,18H,6-7,9-11,14H2,1H3. The first kappa shape index (κ1) is 22.6. The minimum absolute atomic E-state index is 0.0251. The van der Waals surface area contributed by atoms with Gasteiger partial charge in [0.15, 0.2) is 6.61 Å². The summed E-state index contributed by atoms with van der Waals surface area (Å²) < 4.78 is 47.6. The van der Waals surface area contributed by atoms with Gasteiger partial charge >= 0.3 is 6.18 Å². The highest BCUT2D eigenvalue weighted by Crippen LogP contribution is 2.25. The average molecular weight is 436 g/mol. The number of pyridine rings is 1. The van der Waals surface area contributed by atoms with E-state index in [1.807, 2.05) is 0 Å². The van der Waals surface area contributed by atoms with Gasteiger partial charge in [-0.25, -0.2) is 0 Å². The van der Waals surface area contributed by atoms with E-state index >= 15 is 0 Å². The summed E-state index contributed by atoms with van der Waals surface area (Å²) in [6.45, 7) is 1.08. The number of halogens is 3. The van der Waals surface area contributed by atoms with Crippen LogP contribution in [0.1, 0.15) is 35.8 Å². The molecule has 1 aliphatic rings. The number of Topliss-reactive ketones (excluding diaryl/α,β-unsaturated/α-hetero) is 1. The van der Waals surface area contributed by atoms with Gasteiger partial charge in [0.05, 0.1) is 0 Å². The molecule has 0 N–H and O–H groups in total. The highest BCUT2D eigenvalue weighted by molar-refractivity contribution is 5.94. The first-order valence-electron chi connectivity index (χ1n) is 9.89. The van der Waals surface area contributed by atoms with Gasteiger partial charge in [0.1, 0.15) is 23.4 Å². The fourth-order valence-electron chi connectivity index (χ4n) is 3.32. The lowest BCUT2D eigenvalue weighted by molar-refractivity contribution is -0.153. The van der Waals surface area contributed by atoms with E-state index < -0.39 is 12.8 Å². The van der Waals surface area contributed by atoms with Crippen molar-refractivity contribution >= 4 is 11.7 Å². The summed E-state index contributed by atoms with van der Waals surface area (Å²) in [7, 11) is 0. The van der Waals surface area contributed by atoms with Gasteiger partial charge in [-0.1, -0.05) is 6.07 Å². The minimum atomic E-state index is -4.40. The molecule has 166 valence electrons. The summed E-state index contributed by atoms with van der Waals surface area (Å²) in [6.07, 6.45) is -1.68. The first-order chi connectivity index (χ1) is 14.7. The minimum Gasteiger partial charge on any atom is -0.490 e. The van der Waals surface area contributed by atoms with Crippen molar-refractivity contribution < 1.29 is 32.2 Å². The van der Waals surface area contributed by atoms with Gasteiger partial charge in [-0.3, -0.25) is 14.6 Å². The predicted molar refractivity (Wildman–Crippen MR) is 106 cm³/mol. The molecule has 0 unspecified atom stereocenters. The van der Waals surface area contributed by atoms with Gasteiger partial charge in [0, 0.05) is 55.9 Å². The van der Waals surface area contributed by atoms with Gasteiger partial charge in [0.2, 0.25) is 0 Å². The molecule has 1 aromatic heterocycles. The van der Waals surface area contributed by atoms with Gasteiger partial charge < -0.3 is 14.4 Å². The number of amides is 1. The molecule has 6 nitrogen and oxygen atoms in total. The fraction of sp³-hybridized carbons (Fsp3) is 0.409. The molecular formula is C22H23F3N2O4. The van der Waals surface area contributed by atoms with Crippen LogP contribution in [0.25, 0.3) is 0 Å². The summed E-state index contributed by atoms with van der Waals surface area (Å²) >= 11 is 0. The van der Waals surface area contributed by atoms with Crippen molar-refractivity contribution in [2.24, 2.45) is 0 Å². The Bertz CT molecular complexity index is 925. The van der Waals surface area contributed by atoms with Crippen LogP contribution < -0.4 is 9.47 Å². The van der Waals surface area contributed by atoms with Crippen molar-refractivity contribution in [1.82, 2.24) is 9.88 Å². The SMILES string of the molecule is CC(=O)Cc1cc(C(=O)N2CCC(Oc3cccc(OCC(F)(F)F)c3)CC2)ccn1. The molecule has 0 bridgehead atoms. The molecule has 0 atom stereocenters. The molecule has 31 heavy (non-hydrogen) atoms. The number of piperidine rings is 1. The van der Waals surface area contributed by atoms with Crippen molar-refractivity contribution in [2.75, 3.05) is 19.7 Å². The number of hydrogen-bond acceptors (Lipinski definition) is 5. The number of ether oxygens (including phenoxy) is 2. The van der Waals surface area contributed by atoms with Gasteiger partial charge in [-0.2, -0.15) is 13.2 Å². The second kappa shape index (κ2) is 9.80. The molecule has 1 saturated heterocycles. The summed E-state index contributed by atoms with van der Waals surface area (Å²) in [5.74, 6) is 0.352. The molecule has 2 aromatic rings. The Balaban J connectivity index is 1.53. The number of hydrogen-bond donors (Lipinski definition) is 0. The Labute approximate surface area is 178 Å². The van der Waals surface area contributed by atoms with E-state index in [1.165, 1.54) is 25.3 Å². The third-order valence-corrected chi connectivity index (χ3v) is 4.73. The lowest BCUT2D eigenvalue weighted by atomic mass is 10.1. The van der Waals surface area contributed by atoms with Crippen LogP contribution in [0.15, 0.2) is 42.6 Å². The first-order valence-corrected chi connectivity index (χ1v) is 9.89. The summed E-state index contributed by atoms with van der Waals surface area (Å²) in [5.41, 5.74) is 1.05. The van der Waals surface area contributed by atoms with E-state index in [4.69, 9.17) is 9.47 Å². The second-order valence-corrected chi connectivity index (χ2v) is 7.40. The van der Waals surface area contributed by atoms with Crippen molar-refractivity contribution in [3.63, 3.8) is 0 Å². The van der Waals surface area contributed by atoms with E-state index in [0.29, 0.717) is 42.9 Å². The molecule has 1 aliphatic heterocycles. The van der Waals surface area contributed by atoms with E-state index in [9.17, 15) is 22.8 Å². The maximum atomic E-state index is 12.8. The summed E-state index contributed by atoms with van der Waals surface area (Å²) in [6, 6.07) is 9.36. The Kier molecular flexibility index (Phi) is 7.14. The molecule has 0 saturated carbocycles. The van der Waals surface area contributed by atoms with Crippen LogP contribution in [0.4, 0.5) is 13.2 Å². The number of alkyl halides is 3. The summed E-state index contributed by atoms with van der Waals surface area (Å²) in [5, 5.41) is 0. The number of carbonyl (C=O) groups is 2. The van der Waals surface area contributed by atoms with Crippen molar-refractivity contribution in [2.45, 2.75) is 38.5 Å². The molecule has 2 heterocycles. The molecule has 9 heteroatoms. The molecule has 0 aliphatic carbocycles. The Morgan fingerprint density at radius 3 is 2.52 bits per heavy atom. The van der Waals surface area contributed by atoms with Crippen molar-refractivity contribution in [1.29, 1.82) is 0 Å². The number of likely N-dealkylation sites (tertiary alicyclic amines) is 1. The zero-order valence-corrected chi connectivity index (χ0v) is 17.0. The fourth-order valence-corrected chi connectivity index (χ4v) is 3.32. The molecule has 1 amide bonds. The predicted octanol–water partition coefficient (Wildman–Crippen LogP) is 3.84. The van der Waals surface area contributed by atoms with Crippen LogP contribution in [-0.2, 0) is 11.2 Å². The average Bonchev–Trinajstić information content (AvgIpc) is 2.72. The van der Waals surface area contributed by atoms with E-state index in [0.717, 1.165) is 0 Å². The van der Waals surface area contributed by atoms with Crippen LogP contribution >= 0.6 is 0 Å². The third-order valence-electron chi connectivity index (χ3n) is 4.73. The highest BCUT2D eigenvalue weighted by atomic mass is 19.4. The van der Waals surface area contributed by atoms with Crippen LogP contribution in [-0.4, -0.2) is 53.6 Å². The number of aromatic nitrogens is 1. The lowest BCUT2D eigenvalue weighted by Crippen LogP contribution is -2.41. The molecule has 0 radical (unpaired) electrons. The number of nitrogens with zero attached hydrogens (tertiary/aromatic N) is 2. The Morgan fingerprint density at radius 1 is 1.13 bits per heavy atom. The van der Waals surface area contributed by atoms with Gasteiger partial charge in [0.25, 0.3) is 5.91 Å². The van der Waals surface area contributed by atoms with E-state index in [2.05, 4.69) is 4.98 Å². The van der Waals surface area contributed by atoms with Crippen LogP contribution in [0.2, 0.25) is 0 Å². The highest BCUT2D eigenvalue weighted by Gasteiger charge is 2.29. The smallest absolute Gasteiger partial charge is 0.422 e. The van der Waals surface area contributed by atoms with Crippen molar-refractivity contribution in [3.8, 4) is 11.5 Å². The van der Waals surface area contributed by atoms with E-state index in [1.54, 1.807) is 29.2 Å². The zero-order valence-electron chi connectivity index (χ0n) is 17.0. The molecule has 1 fully saturated rings. The number of rotatable bonds is 7. The molecule has 0 spiro atoms. The molecule has 3 rings (SSSR count). The maximum absolute atomic E-state index is 12.8. The second-order valence-electron chi connectivity index (χ2n) is 7.40. The quantitative estimate of drug-likeness (QED) is 0.660. The maximum Gasteiger partial charge on any atom is 0.422 e. The Hall–Kier alpha value is -3.10. The number of benzene rings is 1. The van der Waals surface area contributed by atoms with E-state index in [-0.39, 0.29) is 30.0 Å². The van der Waals surface area contributed by atoms with Gasteiger partial charge in [-0.15, -0.1) is 0 Å². The molecule has 1 aromatic carbocycles. The Morgan fingerprint density at radius 2 is 1.84 bits per heavy atom. The number of carbonyl (C=O) groups excluding carboxylic acids is 2. The normalized spacial score (nSPS) is 14.9. The largest absolute Gasteiger partial charge is 0.490 e. The topological polar surface area (TPSA) is 68.7 Å².